The van der Waals surface area contributed by atoms with Gasteiger partial charge in [0, 0.05) is 17.7 Å². The molecule has 0 spiro atoms. The molecule has 2 aromatic carbocycles. The Morgan fingerprint density at radius 2 is 1.74 bits per heavy atom. The molecule has 34 heavy (non-hydrogen) atoms. The number of fused-ring (bicyclic) bond motifs is 1. The highest BCUT2D eigenvalue weighted by Crippen LogP contribution is 2.45. The summed E-state index contributed by atoms with van der Waals surface area (Å²) in [6, 6.07) is 13.6. The van der Waals surface area contributed by atoms with Crippen molar-refractivity contribution >= 4 is 11.7 Å². The number of ether oxygens (including phenoxy) is 2. The molecule has 7 nitrogen and oxygen atoms in total. The lowest BCUT2D eigenvalue weighted by Crippen LogP contribution is -2.33. The van der Waals surface area contributed by atoms with E-state index < -0.39 is 18.0 Å². The van der Waals surface area contributed by atoms with Crippen LogP contribution in [0.15, 0.2) is 59.8 Å². The van der Waals surface area contributed by atoms with Crippen LogP contribution in [0, 0.1) is 0 Å². The van der Waals surface area contributed by atoms with E-state index in [1.807, 2.05) is 12.1 Å². The molecular weight excluding hydrogens is 449 g/mol. The van der Waals surface area contributed by atoms with Crippen molar-refractivity contribution < 1.29 is 27.4 Å². The topological polar surface area (TPSA) is 78.3 Å². The first-order chi connectivity index (χ1) is 16.3. The molecule has 0 saturated carbocycles. The van der Waals surface area contributed by atoms with Crippen molar-refractivity contribution in [3.8, 4) is 11.5 Å². The molecule has 2 aliphatic rings. The van der Waals surface area contributed by atoms with Gasteiger partial charge in [-0.25, -0.2) is 4.68 Å². The predicted molar refractivity (Wildman–Crippen MR) is 117 cm³/mol. The lowest BCUT2D eigenvalue weighted by Gasteiger charge is -2.35. The average Bonchev–Trinajstić information content (AvgIpc) is 3.27. The third-order valence-corrected chi connectivity index (χ3v) is 6.17. The molecule has 10 heteroatoms. The molecule has 0 unspecified atom stereocenters. The minimum absolute atomic E-state index is 0.0410. The maximum Gasteiger partial charge on any atom is 0.453 e. The SMILES string of the molecule is COc1ccc([C@H]2CC(=O)C3=C(C2)Nc2nc(C(F)(F)F)nn2[C@@H]3c2ccccc2)cc1OC. The monoisotopic (exact) mass is 470 g/mol. The molecule has 2 heterocycles. The number of hydrogen-bond acceptors (Lipinski definition) is 6. The third-order valence-electron chi connectivity index (χ3n) is 6.17. The summed E-state index contributed by atoms with van der Waals surface area (Å²) in [7, 11) is 3.08. The Hall–Kier alpha value is -3.82. The zero-order chi connectivity index (χ0) is 24.0. The molecule has 2 atom stereocenters. The predicted octanol–water partition coefficient (Wildman–Crippen LogP) is 4.73. The van der Waals surface area contributed by atoms with Gasteiger partial charge in [-0.15, -0.1) is 5.10 Å². The van der Waals surface area contributed by atoms with Crippen LogP contribution in [0.5, 0.6) is 11.5 Å². The Kier molecular flexibility index (Phi) is 5.30. The van der Waals surface area contributed by atoms with Gasteiger partial charge in [-0.1, -0.05) is 36.4 Å². The Balaban J connectivity index is 1.58. The van der Waals surface area contributed by atoms with Gasteiger partial charge in [0.15, 0.2) is 17.3 Å². The molecule has 1 aromatic heterocycles. The summed E-state index contributed by atoms with van der Waals surface area (Å²) in [6.07, 6.45) is -4.08. The summed E-state index contributed by atoms with van der Waals surface area (Å²) in [6.45, 7) is 0. The van der Waals surface area contributed by atoms with E-state index in [0.29, 0.717) is 34.8 Å². The number of nitrogens with zero attached hydrogens (tertiary/aromatic N) is 3. The molecule has 0 amide bonds. The zero-order valence-corrected chi connectivity index (χ0v) is 18.4. The largest absolute Gasteiger partial charge is 0.493 e. The molecule has 1 aliphatic heterocycles. The second-order valence-electron chi connectivity index (χ2n) is 8.17. The van der Waals surface area contributed by atoms with Crippen molar-refractivity contribution in [2.24, 2.45) is 0 Å². The van der Waals surface area contributed by atoms with Crippen LogP contribution in [0.2, 0.25) is 0 Å². The summed E-state index contributed by atoms with van der Waals surface area (Å²) in [5.74, 6) is -0.523. The fourth-order valence-corrected chi connectivity index (χ4v) is 4.62. The number of rotatable bonds is 4. The fourth-order valence-electron chi connectivity index (χ4n) is 4.62. The van der Waals surface area contributed by atoms with Crippen molar-refractivity contribution in [2.45, 2.75) is 31.0 Å². The zero-order valence-electron chi connectivity index (χ0n) is 18.4. The van der Waals surface area contributed by atoms with Gasteiger partial charge in [-0.2, -0.15) is 18.2 Å². The number of Topliss-reactive ketones (excluding diaryl/α,β-unsaturated/α-hetero) is 1. The average molecular weight is 470 g/mol. The van der Waals surface area contributed by atoms with Gasteiger partial charge in [-0.3, -0.25) is 4.79 Å². The van der Waals surface area contributed by atoms with Crippen LogP contribution in [0.3, 0.4) is 0 Å². The van der Waals surface area contributed by atoms with Crippen molar-refractivity contribution in [3.63, 3.8) is 0 Å². The molecule has 0 saturated heterocycles. The van der Waals surface area contributed by atoms with Gasteiger partial charge in [0.05, 0.1) is 14.2 Å². The summed E-state index contributed by atoms with van der Waals surface area (Å²) in [4.78, 5) is 17.1. The number of alkyl halides is 3. The summed E-state index contributed by atoms with van der Waals surface area (Å²) < 4.78 is 52.0. The van der Waals surface area contributed by atoms with Crippen molar-refractivity contribution in [1.29, 1.82) is 0 Å². The van der Waals surface area contributed by atoms with Gasteiger partial charge >= 0.3 is 6.18 Å². The van der Waals surface area contributed by atoms with Crippen LogP contribution in [0.25, 0.3) is 0 Å². The third kappa shape index (κ3) is 3.68. The lowest BCUT2D eigenvalue weighted by atomic mass is 9.78. The van der Waals surface area contributed by atoms with Gasteiger partial charge in [0.1, 0.15) is 6.04 Å². The van der Waals surface area contributed by atoms with Crippen molar-refractivity contribution in [2.75, 3.05) is 19.5 Å². The summed E-state index contributed by atoms with van der Waals surface area (Å²) in [5.41, 5.74) is 2.50. The number of nitrogens with one attached hydrogen (secondary N) is 1. The minimum atomic E-state index is -4.71. The molecular formula is C24H21F3N4O3. The van der Waals surface area contributed by atoms with Crippen LogP contribution < -0.4 is 14.8 Å². The summed E-state index contributed by atoms with van der Waals surface area (Å²) in [5, 5.41) is 6.69. The number of anilines is 1. The number of allylic oxidation sites excluding steroid dienone is 2. The van der Waals surface area contributed by atoms with E-state index in [1.165, 1.54) is 7.11 Å². The van der Waals surface area contributed by atoms with Gasteiger partial charge in [0.25, 0.3) is 5.82 Å². The standard InChI is InChI=1S/C24H21F3N4O3/c1-33-18-9-8-14(12-19(18)34-2)15-10-16-20(17(32)11-15)21(13-6-4-3-5-7-13)31-23(28-16)29-22(30-31)24(25,26)27/h3-9,12,15,21H,10-11H2,1-2H3,(H,28,29,30)/t15-,21-/m1/s1. The van der Waals surface area contributed by atoms with Crippen LogP contribution in [-0.4, -0.2) is 34.8 Å². The Bertz CT molecular complexity index is 1280. The normalized spacial score (nSPS) is 19.9. The molecule has 176 valence electrons. The molecule has 5 rings (SSSR count). The number of benzene rings is 2. The van der Waals surface area contributed by atoms with Gasteiger partial charge < -0.3 is 14.8 Å². The highest BCUT2D eigenvalue weighted by atomic mass is 19.4. The molecule has 1 aliphatic carbocycles. The first-order valence-corrected chi connectivity index (χ1v) is 10.6. The molecule has 0 fully saturated rings. The minimum Gasteiger partial charge on any atom is -0.493 e. The molecule has 0 radical (unpaired) electrons. The van der Waals surface area contributed by atoms with Crippen LogP contribution in [0.4, 0.5) is 19.1 Å². The van der Waals surface area contributed by atoms with Crippen molar-refractivity contribution in [3.05, 3.63) is 76.8 Å². The number of methoxy groups -OCH3 is 2. The number of aromatic nitrogens is 3. The maximum atomic E-state index is 13.4. The Labute approximate surface area is 193 Å². The first-order valence-electron chi connectivity index (χ1n) is 10.6. The van der Waals surface area contributed by atoms with Gasteiger partial charge in [0.2, 0.25) is 5.95 Å². The van der Waals surface area contributed by atoms with Crippen LogP contribution in [0.1, 0.15) is 41.8 Å². The van der Waals surface area contributed by atoms with E-state index in [4.69, 9.17) is 9.47 Å². The Morgan fingerprint density at radius 1 is 1.00 bits per heavy atom. The number of carbonyl (C=O) groups excluding carboxylic acids is 1. The van der Waals surface area contributed by atoms with Crippen LogP contribution >= 0.6 is 0 Å². The van der Waals surface area contributed by atoms with Crippen LogP contribution in [-0.2, 0) is 11.0 Å². The van der Waals surface area contributed by atoms with Gasteiger partial charge in [-0.05, 0) is 35.6 Å². The second kappa shape index (κ2) is 8.19. The molecule has 1 N–H and O–H groups in total. The van der Waals surface area contributed by atoms with E-state index in [0.717, 1.165) is 10.2 Å². The second-order valence-corrected chi connectivity index (χ2v) is 8.17. The number of hydrogen-bond donors (Lipinski definition) is 1. The number of halogens is 3. The quantitative estimate of drug-likeness (QED) is 0.594. The highest BCUT2D eigenvalue weighted by Gasteiger charge is 2.43. The highest BCUT2D eigenvalue weighted by molar-refractivity contribution is 6.00. The Morgan fingerprint density at radius 3 is 2.41 bits per heavy atom. The summed E-state index contributed by atoms with van der Waals surface area (Å²) >= 11 is 0. The van der Waals surface area contributed by atoms with E-state index >= 15 is 0 Å². The lowest BCUT2D eigenvalue weighted by molar-refractivity contribution is -0.145. The molecule has 3 aromatic rings. The smallest absolute Gasteiger partial charge is 0.453 e. The van der Waals surface area contributed by atoms with E-state index in [2.05, 4.69) is 15.4 Å². The first kappa shape index (κ1) is 22.0. The number of ketones is 1. The van der Waals surface area contributed by atoms with Crippen molar-refractivity contribution in [1.82, 2.24) is 14.8 Å². The van der Waals surface area contributed by atoms with E-state index in [-0.39, 0.29) is 24.1 Å². The van der Waals surface area contributed by atoms with E-state index in [9.17, 15) is 18.0 Å². The fraction of sp³-hybridized carbons (Fsp3) is 0.292. The van der Waals surface area contributed by atoms with E-state index in [1.54, 1.807) is 43.5 Å². The maximum absolute atomic E-state index is 13.4. The number of carbonyl (C=O) groups is 1. The molecule has 0 bridgehead atoms.